The molecule has 1 aliphatic heterocycles. The van der Waals surface area contributed by atoms with Crippen molar-refractivity contribution in [2.24, 2.45) is 0 Å². The zero-order chi connectivity index (χ0) is 22.2. The summed E-state index contributed by atoms with van der Waals surface area (Å²) in [5.74, 6) is 1.76. The van der Waals surface area contributed by atoms with Crippen LogP contribution < -0.4 is 18.9 Å². The number of hydrogen-bond acceptors (Lipinski definition) is 6. The van der Waals surface area contributed by atoms with Gasteiger partial charge in [-0.05, 0) is 31.2 Å². The Kier molecular flexibility index (Phi) is 7.59. The molecule has 31 heavy (non-hydrogen) atoms. The van der Waals surface area contributed by atoms with Gasteiger partial charge in [-0.15, -0.1) is 0 Å². The molecule has 8 heteroatoms. The average molecular weight is 428 g/mol. The summed E-state index contributed by atoms with van der Waals surface area (Å²) in [7, 11) is 3.04. The van der Waals surface area contributed by atoms with Crippen LogP contribution >= 0.6 is 0 Å². The van der Waals surface area contributed by atoms with E-state index in [1.54, 1.807) is 40.1 Å². The van der Waals surface area contributed by atoms with E-state index in [1.807, 2.05) is 19.1 Å². The Balaban J connectivity index is 1.57. The number of piperazine rings is 1. The molecule has 0 unspecified atom stereocenters. The molecule has 2 amide bonds. The summed E-state index contributed by atoms with van der Waals surface area (Å²) in [6.07, 6.45) is 0. The number of carbonyl (C=O) groups excluding carboxylic acids is 2. The minimum Gasteiger partial charge on any atom is -0.496 e. The van der Waals surface area contributed by atoms with Crippen LogP contribution in [0.3, 0.4) is 0 Å². The zero-order valence-corrected chi connectivity index (χ0v) is 18.1. The molecule has 0 spiro atoms. The lowest BCUT2D eigenvalue weighted by Gasteiger charge is -2.35. The minimum atomic E-state index is -0.178. The molecule has 0 saturated carbocycles. The van der Waals surface area contributed by atoms with Gasteiger partial charge in [-0.2, -0.15) is 0 Å². The molecule has 3 rings (SSSR count). The standard InChI is InChI=1S/C23H28N2O6/c1-4-30-17-8-5-6-9-18(17)31-16-21(26)24-12-14-25(15-13-24)23(27)22-19(28-2)10-7-11-20(22)29-3/h5-11H,4,12-16H2,1-3H3. The van der Waals surface area contributed by atoms with E-state index in [0.717, 1.165) is 0 Å². The molecule has 0 aromatic heterocycles. The Morgan fingerprint density at radius 3 is 1.84 bits per heavy atom. The van der Waals surface area contributed by atoms with Gasteiger partial charge < -0.3 is 28.7 Å². The smallest absolute Gasteiger partial charge is 0.261 e. The van der Waals surface area contributed by atoms with E-state index in [-0.39, 0.29) is 18.4 Å². The number of para-hydroxylation sites is 2. The first-order valence-corrected chi connectivity index (χ1v) is 10.2. The van der Waals surface area contributed by atoms with Crippen molar-refractivity contribution < 1.29 is 28.5 Å². The third kappa shape index (κ3) is 5.20. The molecule has 0 radical (unpaired) electrons. The Bertz CT molecular complexity index is 886. The van der Waals surface area contributed by atoms with Gasteiger partial charge in [-0.25, -0.2) is 0 Å². The van der Waals surface area contributed by atoms with E-state index in [4.69, 9.17) is 18.9 Å². The largest absolute Gasteiger partial charge is 0.496 e. The second-order valence-corrected chi connectivity index (χ2v) is 6.88. The van der Waals surface area contributed by atoms with Crippen LogP contribution in [0.4, 0.5) is 0 Å². The number of hydrogen-bond donors (Lipinski definition) is 0. The first-order valence-electron chi connectivity index (χ1n) is 10.2. The second kappa shape index (κ2) is 10.6. The highest BCUT2D eigenvalue weighted by molar-refractivity contribution is 6.00. The summed E-state index contributed by atoms with van der Waals surface area (Å²) in [5, 5.41) is 0. The van der Waals surface area contributed by atoms with E-state index < -0.39 is 0 Å². The third-order valence-electron chi connectivity index (χ3n) is 5.06. The number of amides is 2. The van der Waals surface area contributed by atoms with Gasteiger partial charge in [-0.1, -0.05) is 18.2 Å². The highest BCUT2D eigenvalue weighted by Crippen LogP contribution is 2.30. The number of methoxy groups -OCH3 is 2. The van der Waals surface area contributed by atoms with Gasteiger partial charge in [0.25, 0.3) is 11.8 Å². The molecule has 1 fully saturated rings. The van der Waals surface area contributed by atoms with Crippen molar-refractivity contribution in [3.8, 4) is 23.0 Å². The van der Waals surface area contributed by atoms with Crippen molar-refractivity contribution in [1.29, 1.82) is 0 Å². The van der Waals surface area contributed by atoms with E-state index in [0.29, 0.717) is 61.3 Å². The summed E-state index contributed by atoms with van der Waals surface area (Å²) in [5.41, 5.74) is 0.392. The molecular formula is C23H28N2O6. The number of ether oxygens (including phenoxy) is 4. The van der Waals surface area contributed by atoms with E-state index in [2.05, 4.69) is 0 Å². The van der Waals surface area contributed by atoms with Crippen LogP contribution in [0.5, 0.6) is 23.0 Å². The van der Waals surface area contributed by atoms with Crippen LogP contribution in [0.25, 0.3) is 0 Å². The molecule has 2 aromatic rings. The molecule has 0 N–H and O–H groups in total. The van der Waals surface area contributed by atoms with Gasteiger partial charge in [0.15, 0.2) is 18.1 Å². The molecule has 166 valence electrons. The zero-order valence-electron chi connectivity index (χ0n) is 18.1. The predicted octanol–water partition coefficient (Wildman–Crippen LogP) is 2.47. The summed E-state index contributed by atoms with van der Waals surface area (Å²) in [6, 6.07) is 12.5. The third-order valence-corrected chi connectivity index (χ3v) is 5.06. The summed E-state index contributed by atoms with van der Waals surface area (Å²) >= 11 is 0. The van der Waals surface area contributed by atoms with Crippen LogP contribution in [-0.2, 0) is 4.79 Å². The summed E-state index contributed by atoms with van der Waals surface area (Å²) in [4.78, 5) is 29.1. The van der Waals surface area contributed by atoms with Crippen molar-refractivity contribution in [3.63, 3.8) is 0 Å². The monoisotopic (exact) mass is 428 g/mol. The van der Waals surface area contributed by atoms with E-state index in [9.17, 15) is 9.59 Å². The van der Waals surface area contributed by atoms with Crippen LogP contribution in [0, 0.1) is 0 Å². The van der Waals surface area contributed by atoms with Crippen LogP contribution in [0.2, 0.25) is 0 Å². The van der Waals surface area contributed by atoms with Crippen molar-refractivity contribution in [3.05, 3.63) is 48.0 Å². The second-order valence-electron chi connectivity index (χ2n) is 6.88. The first kappa shape index (κ1) is 22.3. The quantitative estimate of drug-likeness (QED) is 0.643. The van der Waals surface area contributed by atoms with Crippen molar-refractivity contribution in [2.45, 2.75) is 6.92 Å². The molecule has 8 nitrogen and oxygen atoms in total. The lowest BCUT2D eigenvalue weighted by atomic mass is 10.1. The van der Waals surface area contributed by atoms with Crippen molar-refractivity contribution >= 4 is 11.8 Å². The Labute approximate surface area is 182 Å². The maximum absolute atomic E-state index is 13.1. The molecule has 1 saturated heterocycles. The normalized spacial score (nSPS) is 13.5. The molecule has 0 aliphatic carbocycles. The molecule has 0 atom stereocenters. The topological polar surface area (TPSA) is 77.5 Å². The molecule has 1 heterocycles. The average Bonchev–Trinajstić information content (AvgIpc) is 2.82. The Hall–Kier alpha value is -3.42. The van der Waals surface area contributed by atoms with Gasteiger partial charge in [0.1, 0.15) is 17.1 Å². The lowest BCUT2D eigenvalue weighted by molar-refractivity contribution is -0.134. The van der Waals surface area contributed by atoms with Gasteiger partial charge in [0.05, 0.1) is 20.8 Å². The van der Waals surface area contributed by atoms with Gasteiger partial charge >= 0.3 is 0 Å². The number of benzene rings is 2. The number of carbonyl (C=O) groups is 2. The first-order chi connectivity index (χ1) is 15.1. The van der Waals surface area contributed by atoms with Crippen LogP contribution in [-0.4, -0.2) is 75.2 Å². The highest BCUT2D eigenvalue weighted by atomic mass is 16.5. The fourth-order valence-electron chi connectivity index (χ4n) is 3.45. The molecule has 0 bridgehead atoms. The van der Waals surface area contributed by atoms with E-state index in [1.165, 1.54) is 14.2 Å². The predicted molar refractivity (Wildman–Crippen MR) is 115 cm³/mol. The number of nitrogens with zero attached hydrogens (tertiary/aromatic N) is 2. The SMILES string of the molecule is CCOc1ccccc1OCC(=O)N1CCN(C(=O)c2c(OC)cccc2OC)CC1. The van der Waals surface area contributed by atoms with E-state index >= 15 is 0 Å². The van der Waals surface area contributed by atoms with Crippen LogP contribution in [0.15, 0.2) is 42.5 Å². The van der Waals surface area contributed by atoms with Gasteiger partial charge in [0, 0.05) is 26.2 Å². The highest BCUT2D eigenvalue weighted by Gasteiger charge is 2.28. The maximum atomic E-state index is 13.1. The number of rotatable bonds is 8. The molecular weight excluding hydrogens is 400 g/mol. The van der Waals surface area contributed by atoms with Gasteiger partial charge in [-0.3, -0.25) is 9.59 Å². The summed E-state index contributed by atoms with van der Waals surface area (Å²) in [6.45, 7) is 4.02. The fourth-order valence-corrected chi connectivity index (χ4v) is 3.45. The Morgan fingerprint density at radius 2 is 1.29 bits per heavy atom. The van der Waals surface area contributed by atoms with Gasteiger partial charge in [0.2, 0.25) is 0 Å². The van der Waals surface area contributed by atoms with Crippen molar-refractivity contribution in [1.82, 2.24) is 9.80 Å². The lowest BCUT2D eigenvalue weighted by Crippen LogP contribution is -2.51. The molecule has 1 aliphatic rings. The van der Waals surface area contributed by atoms with Crippen molar-refractivity contribution in [2.75, 3.05) is 53.6 Å². The Morgan fingerprint density at radius 1 is 0.774 bits per heavy atom. The maximum Gasteiger partial charge on any atom is 0.261 e. The fraction of sp³-hybridized carbons (Fsp3) is 0.391. The summed E-state index contributed by atoms with van der Waals surface area (Å²) < 4.78 is 21.9. The minimum absolute atomic E-state index is 0.0850. The molecule has 2 aromatic carbocycles. The van der Waals surface area contributed by atoms with Crippen LogP contribution in [0.1, 0.15) is 17.3 Å².